The SMILES string of the molecule is CCOCCC(=O)C1Cc2ccccc2C1=O. The van der Waals surface area contributed by atoms with Gasteiger partial charge in [-0.15, -0.1) is 0 Å². The topological polar surface area (TPSA) is 43.4 Å². The molecule has 0 N–H and O–H groups in total. The molecule has 1 atom stereocenters. The van der Waals surface area contributed by atoms with Crippen molar-refractivity contribution < 1.29 is 14.3 Å². The summed E-state index contributed by atoms with van der Waals surface area (Å²) in [5.74, 6) is -0.505. The van der Waals surface area contributed by atoms with Crippen LogP contribution in [0.15, 0.2) is 24.3 Å². The molecule has 17 heavy (non-hydrogen) atoms. The van der Waals surface area contributed by atoms with E-state index in [1.54, 1.807) is 6.07 Å². The van der Waals surface area contributed by atoms with Crippen LogP contribution in [0.2, 0.25) is 0 Å². The molecule has 0 spiro atoms. The Morgan fingerprint density at radius 2 is 2.18 bits per heavy atom. The minimum atomic E-state index is -0.479. The average Bonchev–Trinajstić information content (AvgIpc) is 2.68. The van der Waals surface area contributed by atoms with Crippen LogP contribution in [0.25, 0.3) is 0 Å². The third-order valence-electron chi connectivity index (χ3n) is 3.11. The molecular weight excluding hydrogens is 216 g/mol. The van der Waals surface area contributed by atoms with Crippen LogP contribution in [0.3, 0.4) is 0 Å². The zero-order valence-electron chi connectivity index (χ0n) is 9.94. The molecule has 3 heteroatoms. The Morgan fingerprint density at radius 3 is 2.88 bits per heavy atom. The predicted octanol–water partition coefficient (Wildman–Crippen LogP) is 2.04. The number of benzene rings is 1. The van der Waals surface area contributed by atoms with Crippen molar-refractivity contribution in [2.45, 2.75) is 19.8 Å². The van der Waals surface area contributed by atoms with E-state index in [9.17, 15) is 9.59 Å². The van der Waals surface area contributed by atoms with Crippen LogP contribution in [-0.2, 0) is 16.0 Å². The van der Waals surface area contributed by atoms with E-state index in [-0.39, 0.29) is 11.6 Å². The number of hydrogen-bond donors (Lipinski definition) is 0. The molecule has 0 radical (unpaired) electrons. The normalized spacial score (nSPS) is 18.2. The van der Waals surface area contributed by atoms with Gasteiger partial charge in [-0.2, -0.15) is 0 Å². The second kappa shape index (κ2) is 5.23. The Bertz CT molecular complexity index is 437. The summed E-state index contributed by atoms with van der Waals surface area (Å²) in [6.45, 7) is 2.91. The molecule has 0 fully saturated rings. The quantitative estimate of drug-likeness (QED) is 0.576. The fraction of sp³-hybridized carbons (Fsp3) is 0.429. The molecule has 90 valence electrons. The lowest BCUT2D eigenvalue weighted by Crippen LogP contribution is -2.22. The summed E-state index contributed by atoms with van der Waals surface area (Å²) in [6, 6.07) is 7.46. The van der Waals surface area contributed by atoms with Gasteiger partial charge in [0.15, 0.2) is 5.78 Å². The molecule has 3 nitrogen and oxygen atoms in total. The van der Waals surface area contributed by atoms with Crippen LogP contribution in [0.4, 0.5) is 0 Å². The Kier molecular flexibility index (Phi) is 3.69. The van der Waals surface area contributed by atoms with E-state index in [1.165, 1.54) is 0 Å². The number of rotatable bonds is 5. The van der Waals surface area contributed by atoms with E-state index in [0.717, 1.165) is 5.56 Å². The van der Waals surface area contributed by atoms with Crippen molar-refractivity contribution in [1.82, 2.24) is 0 Å². The maximum atomic E-state index is 12.0. The van der Waals surface area contributed by atoms with Crippen molar-refractivity contribution >= 4 is 11.6 Å². The molecule has 1 unspecified atom stereocenters. The van der Waals surface area contributed by atoms with Gasteiger partial charge in [0.25, 0.3) is 0 Å². The molecule has 0 saturated carbocycles. The molecule has 0 heterocycles. The van der Waals surface area contributed by atoms with Gasteiger partial charge < -0.3 is 4.74 Å². The minimum absolute atomic E-state index is 0.000324. The van der Waals surface area contributed by atoms with E-state index in [0.29, 0.717) is 31.6 Å². The van der Waals surface area contributed by atoms with Gasteiger partial charge in [0.2, 0.25) is 0 Å². The van der Waals surface area contributed by atoms with Gasteiger partial charge in [-0.05, 0) is 18.9 Å². The van der Waals surface area contributed by atoms with Crippen LogP contribution in [-0.4, -0.2) is 24.8 Å². The third kappa shape index (κ3) is 2.44. The predicted molar refractivity (Wildman–Crippen MR) is 64.1 cm³/mol. The molecule has 0 amide bonds. The van der Waals surface area contributed by atoms with Crippen molar-refractivity contribution in [3.05, 3.63) is 35.4 Å². The molecule has 0 aliphatic heterocycles. The van der Waals surface area contributed by atoms with Crippen molar-refractivity contribution in [2.24, 2.45) is 5.92 Å². The molecule has 1 aliphatic rings. The van der Waals surface area contributed by atoms with E-state index in [1.807, 2.05) is 25.1 Å². The van der Waals surface area contributed by atoms with Gasteiger partial charge in [-0.3, -0.25) is 9.59 Å². The second-order valence-corrected chi connectivity index (χ2v) is 4.19. The Balaban J connectivity index is 2.02. The van der Waals surface area contributed by atoms with Gasteiger partial charge in [0, 0.05) is 18.6 Å². The van der Waals surface area contributed by atoms with E-state index in [2.05, 4.69) is 0 Å². The maximum absolute atomic E-state index is 12.0. The van der Waals surface area contributed by atoms with Crippen molar-refractivity contribution in [3.63, 3.8) is 0 Å². The molecule has 1 aromatic rings. The first kappa shape index (κ1) is 12.0. The number of carbonyl (C=O) groups excluding carboxylic acids is 2. The van der Waals surface area contributed by atoms with E-state index < -0.39 is 5.92 Å². The summed E-state index contributed by atoms with van der Waals surface area (Å²) in [6.07, 6.45) is 0.887. The molecule has 2 rings (SSSR count). The van der Waals surface area contributed by atoms with Crippen molar-refractivity contribution in [3.8, 4) is 0 Å². The summed E-state index contributed by atoms with van der Waals surface area (Å²) in [5.41, 5.74) is 1.70. The van der Waals surface area contributed by atoms with E-state index >= 15 is 0 Å². The zero-order chi connectivity index (χ0) is 12.3. The highest BCUT2D eigenvalue weighted by Gasteiger charge is 2.34. The Labute approximate surface area is 101 Å². The minimum Gasteiger partial charge on any atom is -0.381 e. The van der Waals surface area contributed by atoms with Crippen LogP contribution >= 0.6 is 0 Å². The van der Waals surface area contributed by atoms with Gasteiger partial charge in [0.1, 0.15) is 5.78 Å². The maximum Gasteiger partial charge on any atom is 0.173 e. The van der Waals surface area contributed by atoms with Gasteiger partial charge >= 0.3 is 0 Å². The zero-order valence-corrected chi connectivity index (χ0v) is 9.94. The number of ketones is 2. The van der Waals surface area contributed by atoms with Crippen molar-refractivity contribution in [2.75, 3.05) is 13.2 Å². The van der Waals surface area contributed by atoms with Gasteiger partial charge in [-0.25, -0.2) is 0 Å². The van der Waals surface area contributed by atoms with Crippen LogP contribution in [0, 0.1) is 5.92 Å². The molecule has 0 aromatic heterocycles. The summed E-state index contributed by atoms with van der Waals surface area (Å²) in [4.78, 5) is 23.9. The van der Waals surface area contributed by atoms with Crippen LogP contribution in [0.5, 0.6) is 0 Å². The standard InChI is InChI=1S/C14H16O3/c1-2-17-8-7-13(15)12-9-10-5-3-4-6-11(10)14(12)16/h3-6,12H,2,7-9H2,1H3. The fourth-order valence-corrected chi connectivity index (χ4v) is 2.19. The average molecular weight is 232 g/mol. The number of carbonyl (C=O) groups is 2. The Morgan fingerprint density at radius 1 is 1.41 bits per heavy atom. The first-order valence-electron chi connectivity index (χ1n) is 5.96. The monoisotopic (exact) mass is 232 g/mol. The molecular formula is C14H16O3. The summed E-state index contributed by atoms with van der Waals surface area (Å²) < 4.78 is 5.14. The summed E-state index contributed by atoms with van der Waals surface area (Å²) in [5, 5.41) is 0. The number of fused-ring (bicyclic) bond motifs is 1. The number of ether oxygens (including phenoxy) is 1. The summed E-state index contributed by atoms with van der Waals surface area (Å²) >= 11 is 0. The summed E-state index contributed by atoms with van der Waals surface area (Å²) in [7, 11) is 0. The van der Waals surface area contributed by atoms with Crippen LogP contribution < -0.4 is 0 Å². The third-order valence-corrected chi connectivity index (χ3v) is 3.11. The lowest BCUT2D eigenvalue weighted by atomic mass is 9.98. The smallest absolute Gasteiger partial charge is 0.173 e. The fourth-order valence-electron chi connectivity index (χ4n) is 2.19. The molecule has 0 bridgehead atoms. The lowest BCUT2D eigenvalue weighted by molar-refractivity contribution is -0.122. The first-order chi connectivity index (χ1) is 8.24. The highest BCUT2D eigenvalue weighted by atomic mass is 16.5. The van der Waals surface area contributed by atoms with E-state index in [4.69, 9.17) is 4.74 Å². The number of Topliss-reactive ketones (excluding diaryl/α,β-unsaturated/α-hetero) is 2. The lowest BCUT2D eigenvalue weighted by Gasteiger charge is -2.06. The number of hydrogen-bond acceptors (Lipinski definition) is 3. The Hall–Kier alpha value is -1.48. The molecule has 0 saturated heterocycles. The second-order valence-electron chi connectivity index (χ2n) is 4.19. The largest absolute Gasteiger partial charge is 0.381 e. The van der Waals surface area contributed by atoms with Crippen molar-refractivity contribution in [1.29, 1.82) is 0 Å². The molecule has 1 aromatic carbocycles. The highest BCUT2D eigenvalue weighted by molar-refractivity contribution is 6.14. The van der Waals surface area contributed by atoms with Gasteiger partial charge in [0.05, 0.1) is 12.5 Å². The van der Waals surface area contributed by atoms with Gasteiger partial charge in [-0.1, -0.05) is 24.3 Å². The molecule has 1 aliphatic carbocycles. The highest BCUT2D eigenvalue weighted by Crippen LogP contribution is 2.27. The first-order valence-corrected chi connectivity index (χ1v) is 5.96. The van der Waals surface area contributed by atoms with Crippen LogP contribution in [0.1, 0.15) is 29.3 Å².